The molecule has 0 unspecified atom stereocenters. The summed E-state index contributed by atoms with van der Waals surface area (Å²) in [6, 6.07) is 7.45. The molecule has 0 atom stereocenters. The highest BCUT2D eigenvalue weighted by Gasteiger charge is 2.17. The number of carbonyl (C=O) groups excluding carboxylic acids is 2. The molecule has 0 saturated heterocycles. The number of nitrogens with zero attached hydrogens (tertiary/aromatic N) is 1. The molecule has 144 valence electrons. The van der Waals surface area contributed by atoms with Crippen LogP contribution in [0, 0.1) is 6.92 Å². The summed E-state index contributed by atoms with van der Waals surface area (Å²) >= 11 is 0. The SMILES string of the molecule is CCOC(=O)c1ccc(NC(=O)c2cc3c(CO)cnc(C)c3oc2=O)cc1. The van der Waals surface area contributed by atoms with Gasteiger partial charge in [-0.15, -0.1) is 0 Å². The van der Waals surface area contributed by atoms with Crippen molar-refractivity contribution in [2.24, 2.45) is 0 Å². The number of aliphatic hydroxyl groups excluding tert-OH is 1. The van der Waals surface area contributed by atoms with Crippen molar-refractivity contribution in [1.29, 1.82) is 0 Å². The van der Waals surface area contributed by atoms with Gasteiger partial charge in [-0.2, -0.15) is 0 Å². The molecule has 0 aliphatic rings. The number of carbonyl (C=O) groups is 2. The van der Waals surface area contributed by atoms with E-state index < -0.39 is 17.5 Å². The predicted octanol–water partition coefficient (Wildman–Crippen LogP) is 2.42. The van der Waals surface area contributed by atoms with E-state index in [2.05, 4.69) is 10.3 Å². The lowest BCUT2D eigenvalue weighted by Crippen LogP contribution is -2.21. The zero-order chi connectivity index (χ0) is 20.3. The molecule has 0 spiro atoms. The molecule has 8 heteroatoms. The zero-order valence-electron chi connectivity index (χ0n) is 15.3. The standard InChI is InChI=1S/C20H18N2O6/c1-3-27-19(25)12-4-6-14(7-5-12)22-18(24)16-8-15-13(10-23)9-21-11(2)17(15)28-20(16)26/h4-9,23H,3,10H2,1-2H3,(H,22,24). The molecule has 2 N–H and O–H groups in total. The van der Waals surface area contributed by atoms with Crippen molar-refractivity contribution in [3.05, 3.63) is 69.3 Å². The molecule has 2 aromatic heterocycles. The summed E-state index contributed by atoms with van der Waals surface area (Å²) in [4.78, 5) is 40.5. The Morgan fingerprint density at radius 1 is 1.25 bits per heavy atom. The summed E-state index contributed by atoms with van der Waals surface area (Å²) < 4.78 is 10.2. The van der Waals surface area contributed by atoms with E-state index in [1.807, 2.05) is 0 Å². The monoisotopic (exact) mass is 382 g/mol. The number of pyridine rings is 1. The van der Waals surface area contributed by atoms with Gasteiger partial charge in [0, 0.05) is 22.8 Å². The fraction of sp³-hybridized carbons (Fsp3) is 0.200. The Morgan fingerprint density at radius 2 is 1.96 bits per heavy atom. The summed E-state index contributed by atoms with van der Waals surface area (Å²) in [5.41, 5.74) is 0.872. The summed E-state index contributed by atoms with van der Waals surface area (Å²) in [6.07, 6.45) is 1.47. The summed E-state index contributed by atoms with van der Waals surface area (Å²) in [6.45, 7) is 3.33. The predicted molar refractivity (Wildman–Crippen MR) is 101 cm³/mol. The molecule has 1 amide bonds. The van der Waals surface area contributed by atoms with E-state index in [9.17, 15) is 19.5 Å². The molecule has 0 radical (unpaired) electrons. The first-order chi connectivity index (χ1) is 13.4. The van der Waals surface area contributed by atoms with E-state index in [0.29, 0.717) is 27.9 Å². The second-order valence-corrected chi connectivity index (χ2v) is 5.97. The molecule has 0 saturated carbocycles. The number of benzene rings is 1. The van der Waals surface area contributed by atoms with Crippen LogP contribution in [0.3, 0.4) is 0 Å². The van der Waals surface area contributed by atoms with Gasteiger partial charge in [0.15, 0.2) is 5.58 Å². The lowest BCUT2D eigenvalue weighted by molar-refractivity contribution is 0.0526. The van der Waals surface area contributed by atoms with Crippen LogP contribution >= 0.6 is 0 Å². The van der Waals surface area contributed by atoms with Crippen LogP contribution in [-0.2, 0) is 11.3 Å². The second kappa shape index (κ2) is 8.01. The van der Waals surface area contributed by atoms with Gasteiger partial charge in [0.25, 0.3) is 5.91 Å². The molecule has 1 aromatic carbocycles. The van der Waals surface area contributed by atoms with Crippen molar-refractivity contribution in [2.45, 2.75) is 20.5 Å². The first kappa shape index (κ1) is 19.2. The number of ether oxygens (including phenoxy) is 1. The Bertz CT molecular complexity index is 1100. The van der Waals surface area contributed by atoms with E-state index in [4.69, 9.17) is 9.15 Å². The highest BCUT2D eigenvalue weighted by atomic mass is 16.5. The van der Waals surface area contributed by atoms with E-state index in [-0.39, 0.29) is 24.4 Å². The Labute approximate surface area is 159 Å². The number of aromatic nitrogens is 1. The molecular weight excluding hydrogens is 364 g/mol. The molecule has 3 aromatic rings. The molecule has 0 fully saturated rings. The highest BCUT2D eigenvalue weighted by molar-refractivity contribution is 6.06. The number of fused-ring (bicyclic) bond motifs is 1. The van der Waals surface area contributed by atoms with E-state index in [1.165, 1.54) is 36.5 Å². The van der Waals surface area contributed by atoms with Gasteiger partial charge in [0.05, 0.1) is 24.5 Å². The number of hydrogen-bond donors (Lipinski definition) is 2. The number of hydrogen-bond acceptors (Lipinski definition) is 7. The van der Waals surface area contributed by atoms with Crippen LogP contribution in [0.15, 0.2) is 45.7 Å². The third-order valence-corrected chi connectivity index (χ3v) is 4.11. The quantitative estimate of drug-likeness (QED) is 0.651. The van der Waals surface area contributed by atoms with Crippen LogP contribution in [0.2, 0.25) is 0 Å². The maximum atomic E-state index is 12.5. The van der Waals surface area contributed by atoms with Gasteiger partial charge in [0.2, 0.25) is 0 Å². The lowest BCUT2D eigenvalue weighted by atomic mass is 10.1. The van der Waals surface area contributed by atoms with Gasteiger partial charge in [-0.05, 0) is 44.2 Å². The minimum Gasteiger partial charge on any atom is -0.462 e. The smallest absolute Gasteiger partial charge is 0.349 e. The molecular formula is C20H18N2O6. The summed E-state index contributed by atoms with van der Waals surface area (Å²) in [5, 5.41) is 12.5. The second-order valence-electron chi connectivity index (χ2n) is 5.97. The van der Waals surface area contributed by atoms with Crippen LogP contribution < -0.4 is 10.9 Å². The maximum Gasteiger partial charge on any atom is 0.349 e. The zero-order valence-corrected chi connectivity index (χ0v) is 15.3. The number of anilines is 1. The van der Waals surface area contributed by atoms with Gasteiger partial charge >= 0.3 is 11.6 Å². The average Bonchev–Trinajstić information content (AvgIpc) is 2.69. The number of nitrogens with one attached hydrogen (secondary N) is 1. The molecule has 0 aliphatic carbocycles. The van der Waals surface area contributed by atoms with E-state index in [1.54, 1.807) is 13.8 Å². The average molecular weight is 382 g/mol. The first-order valence-electron chi connectivity index (χ1n) is 8.56. The summed E-state index contributed by atoms with van der Waals surface area (Å²) in [5.74, 6) is -1.13. The van der Waals surface area contributed by atoms with Crippen LogP contribution in [0.1, 0.15) is 38.9 Å². The maximum absolute atomic E-state index is 12.5. The summed E-state index contributed by atoms with van der Waals surface area (Å²) in [7, 11) is 0. The van der Waals surface area contributed by atoms with Crippen molar-refractivity contribution in [2.75, 3.05) is 11.9 Å². The molecule has 0 bridgehead atoms. The highest BCUT2D eigenvalue weighted by Crippen LogP contribution is 2.21. The number of rotatable bonds is 5. The number of aryl methyl sites for hydroxylation is 1. The molecule has 28 heavy (non-hydrogen) atoms. The van der Waals surface area contributed by atoms with Gasteiger partial charge in [-0.25, -0.2) is 9.59 Å². The molecule has 0 aliphatic heterocycles. The van der Waals surface area contributed by atoms with Crippen LogP contribution in [0.25, 0.3) is 11.0 Å². The Morgan fingerprint density at radius 3 is 2.61 bits per heavy atom. The van der Waals surface area contributed by atoms with Crippen LogP contribution in [0.4, 0.5) is 5.69 Å². The van der Waals surface area contributed by atoms with Crippen molar-refractivity contribution < 1.29 is 23.8 Å². The van der Waals surface area contributed by atoms with Crippen LogP contribution in [0.5, 0.6) is 0 Å². The van der Waals surface area contributed by atoms with E-state index >= 15 is 0 Å². The number of esters is 1. The first-order valence-corrected chi connectivity index (χ1v) is 8.56. The minimum atomic E-state index is -0.812. The molecule has 8 nitrogen and oxygen atoms in total. The van der Waals surface area contributed by atoms with Gasteiger partial charge in [0.1, 0.15) is 5.56 Å². The van der Waals surface area contributed by atoms with Crippen molar-refractivity contribution in [1.82, 2.24) is 4.98 Å². The number of amides is 1. The van der Waals surface area contributed by atoms with E-state index in [0.717, 1.165) is 0 Å². The third-order valence-electron chi connectivity index (χ3n) is 4.11. The van der Waals surface area contributed by atoms with Crippen molar-refractivity contribution >= 4 is 28.5 Å². The molecule has 2 heterocycles. The lowest BCUT2D eigenvalue weighted by Gasteiger charge is -2.08. The van der Waals surface area contributed by atoms with Gasteiger partial charge in [-0.1, -0.05) is 0 Å². The van der Waals surface area contributed by atoms with Crippen molar-refractivity contribution in [3.63, 3.8) is 0 Å². The van der Waals surface area contributed by atoms with Gasteiger partial charge < -0.3 is 19.6 Å². The molecule has 3 rings (SSSR count). The topological polar surface area (TPSA) is 119 Å². The Hall–Kier alpha value is -3.52. The third kappa shape index (κ3) is 3.77. The Balaban J connectivity index is 1.90. The Kier molecular flexibility index (Phi) is 5.51. The number of aliphatic hydroxyl groups is 1. The largest absolute Gasteiger partial charge is 0.462 e. The van der Waals surface area contributed by atoms with Gasteiger partial charge in [-0.3, -0.25) is 9.78 Å². The fourth-order valence-electron chi connectivity index (χ4n) is 2.67. The van der Waals surface area contributed by atoms with Crippen molar-refractivity contribution in [3.8, 4) is 0 Å². The fourth-order valence-corrected chi connectivity index (χ4v) is 2.67. The normalized spacial score (nSPS) is 10.7. The van der Waals surface area contributed by atoms with Crippen LogP contribution in [-0.4, -0.2) is 28.6 Å². The minimum absolute atomic E-state index is 0.206.